The molecule has 3 rings (SSSR count). The minimum atomic E-state index is -3.66. The summed E-state index contributed by atoms with van der Waals surface area (Å²) < 4.78 is 28.9. The highest BCUT2D eigenvalue weighted by Crippen LogP contribution is 2.25. The Labute approximate surface area is 218 Å². The van der Waals surface area contributed by atoms with Crippen molar-refractivity contribution in [3.8, 4) is 0 Å². The van der Waals surface area contributed by atoms with Crippen molar-refractivity contribution in [3.63, 3.8) is 0 Å². The summed E-state index contributed by atoms with van der Waals surface area (Å²) in [5.41, 5.74) is 5.10. The minimum Gasteiger partial charge on any atom is -0.383 e. The zero-order valence-electron chi connectivity index (χ0n) is 22.2. The van der Waals surface area contributed by atoms with Gasteiger partial charge in [-0.2, -0.15) is 4.31 Å². The maximum Gasteiger partial charge on any atom is 0.330 e. The monoisotopic (exact) mass is 533 g/mol. The fraction of sp³-hybridized carbons (Fsp3) is 0.577. The van der Waals surface area contributed by atoms with Crippen molar-refractivity contribution in [2.75, 3.05) is 30.3 Å². The lowest BCUT2D eigenvalue weighted by atomic mass is 10.0. The summed E-state index contributed by atoms with van der Waals surface area (Å²) in [5.74, 6) is 0.184. The molecule has 0 radical (unpaired) electrons. The SMILES string of the molecule is CCCCn1c(N)c(N(CCC(C)C)C(=O)c2ccc(S(=O)(=O)N3CCC(C)CC3)cc2)c(=O)[nH]c1=O. The number of nitrogens with zero attached hydrogens (tertiary/aromatic N) is 3. The van der Waals surface area contributed by atoms with E-state index < -0.39 is 27.2 Å². The molecule has 1 aliphatic heterocycles. The van der Waals surface area contributed by atoms with E-state index >= 15 is 0 Å². The van der Waals surface area contributed by atoms with Gasteiger partial charge in [-0.3, -0.25) is 19.1 Å². The van der Waals surface area contributed by atoms with Crippen LogP contribution in [0.1, 0.15) is 70.2 Å². The van der Waals surface area contributed by atoms with Crippen molar-refractivity contribution >= 4 is 27.4 Å². The van der Waals surface area contributed by atoms with Crippen molar-refractivity contribution in [3.05, 3.63) is 50.7 Å². The molecule has 2 aromatic rings. The zero-order valence-corrected chi connectivity index (χ0v) is 23.0. The van der Waals surface area contributed by atoms with Gasteiger partial charge in [0.15, 0.2) is 5.69 Å². The van der Waals surface area contributed by atoms with Gasteiger partial charge in [-0.05, 0) is 61.8 Å². The molecule has 37 heavy (non-hydrogen) atoms. The Bertz CT molecular complexity index is 1310. The number of unbranched alkanes of at least 4 members (excludes halogenated alkanes) is 1. The number of nitrogen functional groups attached to an aromatic ring is 1. The first kappa shape index (κ1) is 28.6. The molecule has 1 aromatic carbocycles. The van der Waals surface area contributed by atoms with Gasteiger partial charge in [-0.1, -0.05) is 34.1 Å². The second kappa shape index (κ2) is 12.1. The Morgan fingerprint density at radius 1 is 1.16 bits per heavy atom. The van der Waals surface area contributed by atoms with E-state index in [1.165, 1.54) is 38.0 Å². The number of nitrogens with one attached hydrogen (secondary N) is 1. The standard InChI is InChI=1S/C26H39N5O5S/c1-5-6-14-31-23(27)22(24(32)28-26(31)34)30(17-11-18(2)3)25(33)20-7-9-21(10-8-20)37(35,36)29-15-12-19(4)13-16-29/h7-10,18-19H,5-6,11-17,27H2,1-4H3,(H,28,32,34). The van der Waals surface area contributed by atoms with Crippen LogP contribution in [0.3, 0.4) is 0 Å². The first-order valence-electron chi connectivity index (χ1n) is 13.0. The van der Waals surface area contributed by atoms with Gasteiger partial charge in [-0.15, -0.1) is 0 Å². The Balaban J connectivity index is 1.97. The summed E-state index contributed by atoms with van der Waals surface area (Å²) in [6.45, 7) is 9.57. The molecule has 1 aromatic heterocycles. The first-order valence-corrected chi connectivity index (χ1v) is 14.5. The molecule has 11 heteroatoms. The van der Waals surface area contributed by atoms with Crippen molar-refractivity contribution in [2.24, 2.45) is 11.8 Å². The highest BCUT2D eigenvalue weighted by Gasteiger charge is 2.29. The summed E-state index contributed by atoms with van der Waals surface area (Å²) in [7, 11) is -3.66. The molecule has 1 aliphatic rings. The van der Waals surface area contributed by atoms with E-state index in [0.717, 1.165) is 19.3 Å². The van der Waals surface area contributed by atoms with Crippen molar-refractivity contribution in [2.45, 2.75) is 71.2 Å². The maximum absolute atomic E-state index is 13.6. The number of sulfonamides is 1. The third-order valence-electron chi connectivity index (χ3n) is 6.88. The van der Waals surface area contributed by atoms with Crippen LogP contribution in [0.4, 0.5) is 11.5 Å². The van der Waals surface area contributed by atoms with Gasteiger partial charge in [0.1, 0.15) is 5.82 Å². The summed E-state index contributed by atoms with van der Waals surface area (Å²) >= 11 is 0. The van der Waals surface area contributed by atoms with E-state index in [4.69, 9.17) is 5.73 Å². The third kappa shape index (κ3) is 6.51. The van der Waals surface area contributed by atoms with Crippen LogP contribution < -0.4 is 21.9 Å². The lowest BCUT2D eigenvalue weighted by Crippen LogP contribution is -2.42. The number of H-pyrrole nitrogens is 1. The van der Waals surface area contributed by atoms with Gasteiger partial charge in [0, 0.05) is 31.7 Å². The number of piperidine rings is 1. The van der Waals surface area contributed by atoms with E-state index in [0.29, 0.717) is 38.4 Å². The molecule has 1 fully saturated rings. The summed E-state index contributed by atoms with van der Waals surface area (Å²) in [4.78, 5) is 42.6. The molecular weight excluding hydrogens is 494 g/mol. The van der Waals surface area contributed by atoms with E-state index in [-0.39, 0.29) is 34.4 Å². The summed E-state index contributed by atoms with van der Waals surface area (Å²) in [6, 6.07) is 5.78. The van der Waals surface area contributed by atoms with Crippen LogP contribution in [-0.2, 0) is 16.6 Å². The van der Waals surface area contributed by atoms with E-state index in [1.54, 1.807) is 0 Å². The number of carbonyl (C=O) groups excluding carboxylic acids is 1. The molecule has 0 atom stereocenters. The number of carbonyl (C=O) groups is 1. The third-order valence-corrected chi connectivity index (χ3v) is 8.79. The minimum absolute atomic E-state index is 0.0576. The predicted molar refractivity (Wildman–Crippen MR) is 145 cm³/mol. The van der Waals surface area contributed by atoms with Crippen LogP contribution in [0.5, 0.6) is 0 Å². The van der Waals surface area contributed by atoms with Crippen LogP contribution in [0.25, 0.3) is 0 Å². The Morgan fingerprint density at radius 3 is 2.35 bits per heavy atom. The molecule has 204 valence electrons. The Hall–Kier alpha value is -2.92. The quantitative estimate of drug-likeness (QED) is 0.481. The van der Waals surface area contributed by atoms with Crippen LogP contribution in [-0.4, -0.2) is 47.8 Å². The van der Waals surface area contributed by atoms with Gasteiger partial charge in [0.05, 0.1) is 4.90 Å². The number of rotatable bonds is 10. The first-order chi connectivity index (χ1) is 17.5. The van der Waals surface area contributed by atoms with Gasteiger partial charge < -0.3 is 10.6 Å². The average molecular weight is 534 g/mol. The fourth-order valence-electron chi connectivity index (χ4n) is 4.38. The molecule has 0 saturated carbocycles. The second-order valence-corrected chi connectivity index (χ2v) is 12.2. The highest BCUT2D eigenvalue weighted by atomic mass is 32.2. The Kier molecular flexibility index (Phi) is 9.36. The maximum atomic E-state index is 13.6. The summed E-state index contributed by atoms with van der Waals surface area (Å²) in [5, 5.41) is 0. The fourth-order valence-corrected chi connectivity index (χ4v) is 5.85. The molecule has 0 unspecified atom stereocenters. The van der Waals surface area contributed by atoms with Gasteiger partial charge in [-0.25, -0.2) is 13.2 Å². The molecular formula is C26H39N5O5S. The van der Waals surface area contributed by atoms with Crippen molar-refractivity contribution in [1.82, 2.24) is 13.9 Å². The number of amides is 1. The molecule has 3 N–H and O–H groups in total. The van der Waals surface area contributed by atoms with E-state index in [1.807, 2.05) is 20.8 Å². The number of aromatic amines is 1. The van der Waals surface area contributed by atoms with Crippen LogP contribution in [0, 0.1) is 11.8 Å². The molecule has 2 heterocycles. The number of aromatic nitrogens is 2. The second-order valence-electron chi connectivity index (χ2n) is 10.2. The number of hydrogen-bond donors (Lipinski definition) is 2. The molecule has 0 spiro atoms. The molecule has 1 saturated heterocycles. The van der Waals surface area contributed by atoms with Crippen LogP contribution in [0.2, 0.25) is 0 Å². The number of anilines is 2. The van der Waals surface area contributed by atoms with Crippen molar-refractivity contribution < 1.29 is 13.2 Å². The van der Waals surface area contributed by atoms with Crippen molar-refractivity contribution in [1.29, 1.82) is 0 Å². The lowest BCUT2D eigenvalue weighted by Gasteiger charge is -2.29. The largest absolute Gasteiger partial charge is 0.383 e. The smallest absolute Gasteiger partial charge is 0.330 e. The normalized spacial score (nSPS) is 15.3. The molecule has 10 nitrogen and oxygen atoms in total. The van der Waals surface area contributed by atoms with Gasteiger partial charge in [0.2, 0.25) is 10.0 Å². The number of benzene rings is 1. The lowest BCUT2D eigenvalue weighted by molar-refractivity contribution is 0.0985. The van der Waals surface area contributed by atoms with Crippen LogP contribution in [0.15, 0.2) is 38.8 Å². The summed E-state index contributed by atoms with van der Waals surface area (Å²) in [6.07, 6.45) is 3.73. The van der Waals surface area contributed by atoms with E-state index in [9.17, 15) is 22.8 Å². The van der Waals surface area contributed by atoms with E-state index in [2.05, 4.69) is 11.9 Å². The highest BCUT2D eigenvalue weighted by molar-refractivity contribution is 7.89. The van der Waals surface area contributed by atoms with Gasteiger partial charge >= 0.3 is 5.69 Å². The van der Waals surface area contributed by atoms with Gasteiger partial charge in [0.25, 0.3) is 11.5 Å². The predicted octanol–water partition coefficient (Wildman–Crippen LogP) is 3.03. The average Bonchev–Trinajstić information content (AvgIpc) is 2.85. The number of hydrogen-bond acceptors (Lipinski definition) is 6. The molecule has 0 bridgehead atoms. The molecule has 0 aliphatic carbocycles. The number of nitrogens with two attached hydrogens (primary N) is 1. The Morgan fingerprint density at radius 2 is 1.78 bits per heavy atom. The zero-order chi connectivity index (χ0) is 27.3. The topological polar surface area (TPSA) is 139 Å². The molecule has 1 amide bonds. The van der Waals surface area contributed by atoms with Crippen LogP contribution >= 0.6 is 0 Å².